The zero-order chi connectivity index (χ0) is 22.5. The van der Waals surface area contributed by atoms with Crippen molar-refractivity contribution in [2.24, 2.45) is 7.05 Å². The van der Waals surface area contributed by atoms with Crippen LogP contribution in [0.25, 0.3) is 22.2 Å². The highest BCUT2D eigenvalue weighted by atomic mass is 79.9. The topological polar surface area (TPSA) is 25.2 Å². The molecule has 3 aromatic carbocycles. The van der Waals surface area contributed by atoms with Gasteiger partial charge in [0.15, 0.2) is 0 Å². The summed E-state index contributed by atoms with van der Waals surface area (Å²) in [4.78, 5) is 16.1. The number of aryl methyl sites for hydroxylation is 1. The third kappa shape index (κ3) is 3.26. The maximum absolute atomic E-state index is 13.8. The lowest BCUT2D eigenvalue weighted by Gasteiger charge is -2.36. The molecule has 1 amide bonds. The number of hydrogen-bond acceptors (Lipinski definition) is 1. The molecule has 4 heteroatoms. The number of nitrogens with zero attached hydrogens (tertiary/aromatic N) is 2. The Morgan fingerprint density at radius 2 is 1.55 bits per heavy atom. The molecule has 2 heterocycles. The Labute approximate surface area is 203 Å². The minimum absolute atomic E-state index is 0.0680. The van der Waals surface area contributed by atoms with Gasteiger partial charge in [-0.1, -0.05) is 83.7 Å². The van der Waals surface area contributed by atoms with Gasteiger partial charge in [0.1, 0.15) is 0 Å². The lowest BCUT2D eigenvalue weighted by molar-refractivity contribution is 0.0613. The third-order valence-electron chi connectivity index (χ3n) is 7.50. The zero-order valence-electron chi connectivity index (χ0n) is 18.8. The number of aromatic nitrogens is 1. The molecule has 0 spiro atoms. The Balaban J connectivity index is 1.65. The normalized spacial score (nSPS) is 18.8. The van der Waals surface area contributed by atoms with Crippen LogP contribution in [0.3, 0.4) is 0 Å². The summed E-state index contributed by atoms with van der Waals surface area (Å²) in [5.74, 6) is 0.192. The van der Waals surface area contributed by atoms with E-state index in [4.69, 9.17) is 0 Å². The van der Waals surface area contributed by atoms with Gasteiger partial charge >= 0.3 is 0 Å². The molecule has 1 aliphatic carbocycles. The molecule has 1 fully saturated rings. The SMILES string of the molecule is Cn1c(-c2ccc(Br)cc2)c(C2c3ccccc3C(=O)N2C2CCCCC2)c2ccccc21. The van der Waals surface area contributed by atoms with E-state index in [9.17, 15) is 4.79 Å². The van der Waals surface area contributed by atoms with Gasteiger partial charge in [-0.2, -0.15) is 0 Å². The van der Waals surface area contributed by atoms with Crippen molar-refractivity contribution in [3.8, 4) is 11.3 Å². The third-order valence-corrected chi connectivity index (χ3v) is 8.03. The average molecular weight is 499 g/mol. The Morgan fingerprint density at radius 1 is 0.848 bits per heavy atom. The van der Waals surface area contributed by atoms with Crippen molar-refractivity contribution in [1.82, 2.24) is 9.47 Å². The van der Waals surface area contributed by atoms with Crippen molar-refractivity contribution in [2.75, 3.05) is 0 Å². The Bertz CT molecular complexity index is 1350. The van der Waals surface area contributed by atoms with E-state index in [0.717, 1.165) is 28.4 Å². The molecule has 4 aromatic rings. The number of carbonyl (C=O) groups excluding carboxylic acids is 1. The van der Waals surface area contributed by atoms with Gasteiger partial charge in [0, 0.05) is 39.6 Å². The van der Waals surface area contributed by atoms with Gasteiger partial charge in [-0.05, 0) is 48.2 Å². The first-order valence-electron chi connectivity index (χ1n) is 11.9. The van der Waals surface area contributed by atoms with Gasteiger partial charge in [-0.25, -0.2) is 0 Å². The number of amides is 1. The monoisotopic (exact) mass is 498 g/mol. The summed E-state index contributed by atoms with van der Waals surface area (Å²) in [6, 6.07) is 25.7. The number of carbonyl (C=O) groups is 1. The summed E-state index contributed by atoms with van der Waals surface area (Å²) in [5.41, 5.74) is 6.82. The second-order valence-electron chi connectivity index (χ2n) is 9.34. The summed E-state index contributed by atoms with van der Waals surface area (Å²) in [7, 11) is 2.15. The van der Waals surface area contributed by atoms with E-state index < -0.39 is 0 Å². The standard InChI is InChI=1S/C29H27BrN2O/c1-31-25-14-8-7-13-24(25)26(27(31)19-15-17-20(30)18-16-19)28-22-11-5-6-12-23(22)29(33)32(28)21-9-3-2-4-10-21/h5-8,11-18,21,28H,2-4,9-10H2,1H3. The van der Waals surface area contributed by atoms with E-state index in [0.29, 0.717) is 6.04 Å². The highest BCUT2D eigenvalue weighted by Crippen LogP contribution is 2.48. The van der Waals surface area contributed by atoms with Crippen LogP contribution in [0.5, 0.6) is 0 Å². The van der Waals surface area contributed by atoms with Gasteiger partial charge in [-0.3, -0.25) is 4.79 Å². The molecule has 0 saturated heterocycles. The van der Waals surface area contributed by atoms with Crippen molar-refractivity contribution in [1.29, 1.82) is 0 Å². The van der Waals surface area contributed by atoms with E-state index in [1.54, 1.807) is 0 Å². The highest BCUT2D eigenvalue weighted by molar-refractivity contribution is 9.10. The molecular weight excluding hydrogens is 472 g/mol. The second kappa shape index (κ2) is 8.18. The van der Waals surface area contributed by atoms with Crippen molar-refractivity contribution in [3.63, 3.8) is 0 Å². The van der Waals surface area contributed by atoms with Gasteiger partial charge in [-0.15, -0.1) is 0 Å². The maximum atomic E-state index is 13.8. The number of benzene rings is 3. The van der Waals surface area contributed by atoms with Crippen molar-refractivity contribution < 1.29 is 4.79 Å². The highest BCUT2D eigenvalue weighted by Gasteiger charge is 2.43. The summed E-state index contributed by atoms with van der Waals surface area (Å²) >= 11 is 3.59. The smallest absolute Gasteiger partial charge is 0.255 e. The fraction of sp³-hybridized carbons (Fsp3) is 0.276. The summed E-state index contributed by atoms with van der Waals surface area (Å²) < 4.78 is 3.37. The molecule has 2 aliphatic rings. The lowest BCUT2D eigenvalue weighted by Crippen LogP contribution is -2.40. The molecular formula is C29H27BrN2O. The number of fused-ring (bicyclic) bond motifs is 2. The molecule has 1 atom stereocenters. The van der Waals surface area contributed by atoms with Gasteiger partial charge < -0.3 is 9.47 Å². The van der Waals surface area contributed by atoms with Crippen LogP contribution in [0.1, 0.15) is 59.6 Å². The summed E-state index contributed by atoms with van der Waals surface area (Å²) in [5, 5.41) is 1.23. The summed E-state index contributed by atoms with van der Waals surface area (Å²) in [6.45, 7) is 0. The van der Waals surface area contributed by atoms with Crippen molar-refractivity contribution in [2.45, 2.75) is 44.2 Å². The number of para-hydroxylation sites is 1. The van der Waals surface area contributed by atoms with Crippen LogP contribution in [-0.2, 0) is 7.05 Å². The minimum atomic E-state index is -0.0680. The molecule has 1 aliphatic heterocycles. The first kappa shape index (κ1) is 20.7. The number of rotatable bonds is 3. The van der Waals surface area contributed by atoms with E-state index in [2.05, 4.69) is 93.1 Å². The van der Waals surface area contributed by atoms with Crippen LogP contribution in [0.15, 0.2) is 77.3 Å². The molecule has 1 saturated carbocycles. The number of hydrogen-bond donors (Lipinski definition) is 0. The van der Waals surface area contributed by atoms with E-state index in [1.165, 1.54) is 47.0 Å². The fourth-order valence-electron chi connectivity index (χ4n) is 6.02. The van der Waals surface area contributed by atoms with Crippen molar-refractivity contribution >= 4 is 32.7 Å². The van der Waals surface area contributed by atoms with E-state index in [-0.39, 0.29) is 11.9 Å². The van der Waals surface area contributed by atoms with Crippen LogP contribution in [0.2, 0.25) is 0 Å². The molecule has 0 N–H and O–H groups in total. The van der Waals surface area contributed by atoms with E-state index >= 15 is 0 Å². The second-order valence-corrected chi connectivity index (χ2v) is 10.3. The van der Waals surface area contributed by atoms with Crippen LogP contribution >= 0.6 is 15.9 Å². The van der Waals surface area contributed by atoms with Crippen LogP contribution in [-0.4, -0.2) is 21.4 Å². The summed E-state index contributed by atoms with van der Waals surface area (Å²) in [6.07, 6.45) is 5.86. The molecule has 1 aromatic heterocycles. The van der Waals surface area contributed by atoms with E-state index in [1.807, 2.05) is 12.1 Å². The molecule has 0 radical (unpaired) electrons. The van der Waals surface area contributed by atoms with Gasteiger partial charge in [0.2, 0.25) is 0 Å². The largest absolute Gasteiger partial charge is 0.343 e. The Kier molecular flexibility index (Phi) is 5.14. The quantitative estimate of drug-likeness (QED) is 0.287. The lowest BCUT2D eigenvalue weighted by atomic mass is 9.89. The first-order chi connectivity index (χ1) is 16.1. The maximum Gasteiger partial charge on any atom is 0.255 e. The predicted octanol–water partition coefficient (Wildman–Crippen LogP) is 7.49. The first-order valence-corrected chi connectivity index (χ1v) is 12.7. The molecule has 33 heavy (non-hydrogen) atoms. The van der Waals surface area contributed by atoms with Crippen LogP contribution in [0, 0.1) is 0 Å². The Hall–Kier alpha value is -2.85. The molecule has 1 unspecified atom stereocenters. The predicted molar refractivity (Wildman–Crippen MR) is 137 cm³/mol. The zero-order valence-corrected chi connectivity index (χ0v) is 20.4. The number of halogens is 1. The Morgan fingerprint density at radius 3 is 2.33 bits per heavy atom. The molecule has 166 valence electrons. The fourth-order valence-corrected chi connectivity index (χ4v) is 6.29. The van der Waals surface area contributed by atoms with Crippen LogP contribution in [0.4, 0.5) is 0 Å². The minimum Gasteiger partial charge on any atom is -0.343 e. The van der Waals surface area contributed by atoms with Crippen LogP contribution < -0.4 is 0 Å². The van der Waals surface area contributed by atoms with Gasteiger partial charge in [0.25, 0.3) is 5.91 Å². The molecule has 6 rings (SSSR count). The molecule has 3 nitrogen and oxygen atoms in total. The van der Waals surface area contributed by atoms with Gasteiger partial charge in [0.05, 0.1) is 11.7 Å². The molecule has 0 bridgehead atoms. The average Bonchev–Trinajstić information content (AvgIpc) is 3.31. The van der Waals surface area contributed by atoms with Crippen molar-refractivity contribution in [3.05, 3.63) is 94.0 Å².